The Bertz CT molecular complexity index is 912. The molecule has 0 aliphatic carbocycles. The summed E-state index contributed by atoms with van der Waals surface area (Å²) in [4.78, 5) is 12.2. The molecule has 0 heterocycles. The number of benzene rings is 3. The summed E-state index contributed by atoms with van der Waals surface area (Å²) >= 11 is 11.9. The lowest BCUT2D eigenvalue weighted by Gasteiger charge is -2.10. The van der Waals surface area contributed by atoms with Crippen molar-refractivity contribution >= 4 is 29.1 Å². The standard InChI is InChI=1S/C22H19Cl2NO3/c23-18-7-11-19(12-8-18)27-14-13-25-22(26)16-5-9-20(10-6-16)28-15-17-3-1-2-4-21(17)24/h1-12H,13-15H2,(H,25,26). The molecule has 0 radical (unpaired) electrons. The molecule has 0 spiro atoms. The first-order valence-corrected chi connectivity index (χ1v) is 9.50. The molecule has 0 saturated heterocycles. The van der Waals surface area contributed by atoms with Gasteiger partial charge in [0.05, 0.1) is 6.54 Å². The van der Waals surface area contributed by atoms with E-state index in [1.807, 2.05) is 24.3 Å². The third-order valence-corrected chi connectivity index (χ3v) is 4.56. The van der Waals surface area contributed by atoms with Crippen LogP contribution < -0.4 is 14.8 Å². The molecule has 0 atom stereocenters. The molecule has 28 heavy (non-hydrogen) atoms. The van der Waals surface area contributed by atoms with E-state index in [0.29, 0.717) is 46.9 Å². The fraction of sp³-hybridized carbons (Fsp3) is 0.136. The molecule has 0 aliphatic rings. The van der Waals surface area contributed by atoms with Crippen LogP contribution in [0.25, 0.3) is 0 Å². The summed E-state index contributed by atoms with van der Waals surface area (Å²) in [5.74, 6) is 1.21. The van der Waals surface area contributed by atoms with E-state index in [9.17, 15) is 4.79 Å². The Hall–Kier alpha value is -2.69. The van der Waals surface area contributed by atoms with E-state index < -0.39 is 0 Å². The molecule has 0 saturated carbocycles. The first-order valence-electron chi connectivity index (χ1n) is 8.74. The number of carbonyl (C=O) groups is 1. The molecule has 4 nitrogen and oxygen atoms in total. The van der Waals surface area contributed by atoms with E-state index in [-0.39, 0.29) is 5.91 Å². The van der Waals surface area contributed by atoms with Gasteiger partial charge in [-0.3, -0.25) is 4.79 Å². The number of halogens is 2. The van der Waals surface area contributed by atoms with Crippen molar-refractivity contribution in [1.29, 1.82) is 0 Å². The van der Waals surface area contributed by atoms with Gasteiger partial charge >= 0.3 is 0 Å². The SMILES string of the molecule is O=C(NCCOc1ccc(Cl)cc1)c1ccc(OCc2ccccc2Cl)cc1. The van der Waals surface area contributed by atoms with Crippen molar-refractivity contribution in [2.75, 3.05) is 13.2 Å². The summed E-state index contributed by atoms with van der Waals surface area (Å²) in [7, 11) is 0. The zero-order valence-electron chi connectivity index (χ0n) is 15.0. The van der Waals surface area contributed by atoms with Gasteiger partial charge in [-0.2, -0.15) is 0 Å². The fourth-order valence-electron chi connectivity index (χ4n) is 2.45. The highest BCUT2D eigenvalue weighted by molar-refractivity contribution is 6.31. The molecular weight excluding hydrogens is 397 g/mol. The molecular formula is C22H19Cl2NO3. The molecule has 6 heteroatoms. The van der Waals surface area contributed by atoms with Crippen LogP contribution in [0.15, 0.2) is 72.8 Å². The largest absolute Gasteiger partial charge is 0.492 e. The van der Waals surface area contributed by atoms with Gasteiger partial charge in [0, 0.05) is 21.2 Å². The average molecular weight is 416 g/mol. The zero-order valence-corrected chi connectivity index (χ0v) is 16.5. The van der Waals surface area contributed by atoms with Crippen molar-refractivity contribution in [3.63, 3.8) is 0 Å². The van der Waals surface area contributed by atoms with Gasteiger partial charge in [-0.25, -0.2) is 0 Å². The van der Waals surface area contributed by atoms with Crippen LogP contribution >= 0.6 is 23.2 Å². The summed E-state index contributed by atoms with van der Waals surface area (Å²) in [6.45, 7) is 1.13. The van der Waals surface area contributed by atoms with Crippen LogP contribution in [0.5, 0.6) is 11.5 Å². The quantitative estimate of drug-likeness (QED) is 0.502. The van der Waals surface area contributed by atoms with Gasteiger partial charge in [0.2, 0.25) is 0 Å². The van der Waals surface area contributed by atoms with Crippen molar-refractivity contribution in [3.8, 4) is 11.5 Å². The van der Waals surface area contributed by atoms with Crippen molar-refractivity contribution < 1.29 is 14.3 Å². The molecule has 0 aromatic heterocycles. The van der Waals surface area contributed by atoms with E-state index >= 15 is 0 Å². The Balaban J connectivity index is 1.43. The average Bonchev–Trinajstić information content (AvgIpc) is 2.72. The van der Waals surface area contributed by atoms with Gasteiger partial charge < -0.3 is 14.8 Å². The van der Waals surface area contributed by atoms with Crippen LogP contribution in [0.4, 0.5) is 0 Å². The van der Waals surface area contributed by atoms with E-state index in [4.69, 9.17) is 32.7 Å². The van der Waals surface area contributed by atoms with E-state index in [1.165, 1.54) is 0 Å². The minimum Gasteiger partial charge on any atom is -0.492 e. The molecule has 0 bridgehead atoms. The van der Waals surface area contributed by atoms with Gasteiger partial charge in [0.25, 0.3) is 5.91 Å². The third-order valence-electron chi connectivity index (χ3n) is 3.94. The number of amides is 1. The second kappa shape index (κ2) is 10.0. The summed E-state index contributed by atoms with van der Waals surface area (Å²) < 4.78 is 11.3. The van der Waals surface area contributed by atoms with Crippen LogP contribution in [0.3, 0.4) is 0 Å². The molecule has 3 aromatic carbocycles. The summed E-state index contributed by atoms with van der Waals surface area (Å²) in [6.07, 6.45) is 0. The Morgan fingerprint density at radius 1 is 0.821 bits per heavy atom. The van der Waals surface area contributed by atoms with Crippen molar-refractivity contribution in [1.82, 2.24) is 5.32 Å². The summed E-state index contributed by atoms with van der Waals surface area (Å²) in [6, 6.07) is 21.6. The van der Waals surface area contributed by atoms with E-state index in [1.54, 1.807) is 48.5 Å². The highest BCUT2D eigenvalue weighted by Gasteiger charge is 2.06. The number of carbonyl (C=O) groups excluding carboxylic acids is 1. The van der Waals surface area contributed by atoms with Gasteiger partial charge in [0.1, 0.15) is 24.7 Å². The Labute approximate surface area is 174 Å². The van der Waals surface area contributed by atoms with Crippen LogP contribution in [0.1, 0.15) is 15.9 Å². The van der Waals surface area contributed by atoms with E-state index in [0.717, 1.165) is 5.56 Å². The monoisotopic (exact) mass is 415 g/mol. The first-order chi connectivity index (χ1) is 13.6. The number of ether oxygens (including phenoxy) is 2. The summed E-state index contributed by atoms with van der Waals surface area (Å²) in [5, 5.41) is 4.14. The predicted octanol–water partition coefficient (Wildman–Crippen LogP) is 5.38. The summed E-state index contributed by atoms with van der Waals surface area (Å²) in [5.41, 5.74) is 1.46. The first kappa shape index (κ1) is 20.1. The van der Waals surface area contributed by atoms with Gasteiger partial charge in [-0.1, -0.05) is 41.4 Å². The molecule has 1 amide bonds. The fourth-order valence-corrected chi connectivity index (χ4v) is 2.76. The number of rotatable bonds is 8. The second-order valence-electron chi connectivity index (χ2n) is 5.96. The van der Waals surface area contributed by atoms with Crippen molar-refractivity contribution in [2.45, 2.75) is 6.61 Å². The van der Waals surface area contributed by atoms with Crippen molar-refractivity contribution in [2.24, 2.45) is 0 Å². The van der Waals surface area contributed by atoms with Crippen LogP contribution in [0.2, 0.25) is 10.0 Å². The Morgan fingerprint density at radius 3 is 2.18 bits per heavy atom. The highest BCUT2D eigenvalue weighted by atomic mass is 35.5. The maximum Gasteiger partial charge on any atom is 0.251 e. The molecule has 3 rings (SSSR count). The van der Waals surface area contributed by atoms with Gasteiger partial charge in [-0.05, 0) is 54.6 Å². The van der Waals surface area contributed by atoms with Gasteiger partial charge in [0.15, 0.2) is 0 Å². The maximum atomic E-state index is 12.2. The molecule has 0 aliphatic heterocycles. The van der Waals surface area contributed by atoms with Gasteiger partial charge in [-0.15, -0.1) is 0 Å². The minimum atomic E-state index is -0.169. The van der Waals surface area contributed by atoms with Crippen LogP contribution in [-0.4, -0.2) is 19.1 Å². The Kier molecular flexibility index (Phi) is 7.18. The van der Waals surface area contributed by atoms with Crippen LogP contribution in [0, 0.1) is 0 Å². The number of hydrogen-bond donors (Lipinski definition) is 1. The molecule has 0 unspecified atom stereocenters. The third kappa shape index (κ3) is 5.91. The smallest absolute Gasteiger partial charge is 0.251 e. The van der Waals surface area contributed by atoms with E-state index in [2.05, 4.69) is 5.32 Å². The minimum absolute atomic E-state index is 0.169. The second-order valence-corrected chi connectivity index (χ2v) is 6.81. The zero-order chi connectivity index (χ0) is 19.8. The molecule has 0 fully saturated rings. The van der Waals surface area contributed by atoms with Crippen LogP contribution in [-0.2, 0) is 6.61 Å². The predicted molar refractivity (Wildman–Crippen MR) is 112 cm³/mol. The normalized spacial score (nSPS) is 10.4. The number of hydrogen-bond acceptors (Lipinski definition) is 3. The number of nitrogens with one attached hydrogen (secondary N) is 1. The molecule has 1 N–H and O–H groups in total. The highest BCUT2D eigenvalue weighted by Crippen LogP contribution is 2.19. The molecule has 3 aromatic rings. The maximum absolute atomic E-state index is 12.2. The Morgan fingerprint density at radius 2 is 1.46 bits per heavy atom. The lowest BCUT2D eigenvalue weighted by Crippen LogP contribution is -2.28. The lowest BCUT2D eigenvalue weighted by molar-refractivity contribution is 0.0947. The topological polar surface area (TPSA) is 47.6 Å². The lowest BCUT2D eigenvalue weighted by atomic mass is 10.2. The van der Waals surface area contributed by atoms with Crippen molar-refractivity contribution in [3.05, 3.63) is 94.0 Å². The molecule has 144 valence electrons.